The van der Waals surface area contributed by atoms with Gasteiger partial charge in [0.15, 0.2) is 0 Å². The van der Waals surface area contributed by atoms with Gasteiger partial charge in [0.1, 0.15) is 0 Å². The van der Waals surface area contributed by atoms with Gasteiger partial charge in [0.2, 0.25) is 0 Å². The van der Waals surface area contributed by atoms with E-state index >= 15 is 0 Å². The molecule has 1 nitrogen and oxygen atoms in total. The van der Waals surface area contributed by atoms with Crippen molar-refractivity contribution < 1.29 is 0 Å². The van der Waals surface area contributed by atoms with Gasteiger partial charge in [-0.2, -0.15) is 0 Å². The predicted molar refractivity (Wildman–Crippen MR) is 91.1 cm³/mol. The van der Waals surface area contributed by atoms with Gasteiger partial charge < -0.3 is 0 Å². The van der Waals surface area contributed by atoms with Crippen molar-refractivity contribution >= 4 is 0 Å². The van der Waals surface area contributed by atoms with Gasteiger partial charge in [-0.05, 0) is 59.2 Å². The van der Waals surface area contributed by atoms with Crippen molar-refractivity contribution in [3.63, 3.8) is 0 Å². The van der Waals surface area contributed by atoms with E-state index in [-0.39, 0.29) is 5.41 Å². The molecule has 0 spiro atoms. The van der Waals surface area contributed by atoms with Gasteiger partial charge in [-0.1, -0.05) is 50.8 Å². The van der Waals surface area contributed by atoms with Crippen LogP contribution in [0.5, 0.6) is 0 Å². The first-order valence-electron chi connectivity index (χ1n) is 8.50. The van der Waals surface area contributed by atoms with Crippen molar-refractivity contribution in [2.75, 3.05) is 13.1 Å². The van der Waals surface area contributed by atoms with Crippen LogP contribution >= 0.6 is 0 Å². The Morgan fingerprint density at radius 1 is 1.05 bits per heavy atom. The second kappa shape index (κ2) is 7.45. The Hall–Kier alpha value is -0.560. The number of hydrogen-bond acceptors (Lipinski definition) is 1. The lowest BCUT2D eigenvalue weighted by Crippen LogP contribution is -2.45. The first-order chi connectivity index (χ1) is 9.38. The molecule has 2 unspecified atom stereocenters. The summed E-state index contributed by atoms with van der Waals surface area (Å²) in [5, 5.41) is 0. The molecule has 0 aliphatic heterocycles. The highest BCUT2D eigenvalue weighted by Gasteiger charge is 2.38. The molecule has 2 atom stereocenters. The standard InChI is InChI=1S/C19H35N/c1-8-10-12-20(13-11-9-2)18(6)19(7)14-15(3)16(4)17(19)5/h14,18H,8-13H2,1-7H3. The third-order valence-corrected chi connectivity index (χ3v) is 5.49. The van der Waals surface area contributed by atoms with Gasteiger partial charge in [0, 0.05) is 11.5 Å². The molecule has 0 radical (unpaired) electrons. The lowest BCUT2D eigenvalue weighted by Gasteiger charge is -2.40. The third kappa shape index (κ3) is 3.55. The molecule has 1 aliphatic carbocycles. The SMILES string of the molecule is CCCCN(CCCC)C(C)C1(C)C=C(C)C(C)=C1C. The highest BCUT2D eigenvalue weighted by molar-refractivity contribution is 5.46. The Bertz CT molecular complexity index is 369. The van der Waals surface area contributed by atoms with E-state index in [0.29, 0.717) is 6.04 Å². The maximum absolute atomic E-state index is 2.72. The summed E-state index contributed by atoms with van der Waals surface area (Å²) >= 11 is 0. The summed E-state index contributed by atoms with van der Waals surface area (Å²) in [4.78, 5) is 2.72. The third-order valence-electron chi connectivity index (χ3n) is 5.49. The van der Waals surface area contributed by atoms with E-state index in [2.05, 4.69) is 59.4 Å². The van der Waals surface area contributed by atoms with Crippen molar-refractivity contribution in [2.24, 2.45) is 5.41 Å². The van der Waals surface area contributed by atoms with Gasteiger partial charge in [-0.3, -0.25) is 4.90 Å². The fourth-order valence-corrected chi connectivity index (χ4v) is 3.40. The van der Waals surface area contributed by atoms with Gasteiger partial charge in [-0.15, -0.1) is 0 Å². The topological polar surface area (TPSA) is 3.24 Å². The number of hydrogen-bond donors (Lipinski definition) is 0. The van der Waals surface area contributed by atoms with Crippen molar-refractivity contribution in [3.05, 3.63) is 22.8 Å². The van der Waals surface area contributed by atoms with Crippen LogP contribution in [0.25, 0.3) is 0 Å². The molecule has 0 aromatic heterocycles. The summed E-state index contributed by atoms with van der Waals surface area (Å²) in [5.41, 5.74) is 4.77. The molecule has 0 aromatic rings. The summed E-state index contributed by atoms with van der Waals surface area (Å²) in [5.74, 6) is 0. The summed E-state index contributed by atoms with van der Waals surface area (Å²) < 4.78 is 0. The first-order valence-corrected chi connectivity index (χ1v) is 8.50. The lowest BCUT2D eigenvalue weighted by molar-refractivity contribution is 0.137. The minimum Gasteiger partial charge on any atom is -0.299 e. The predicted octanol–water partition coefficient (Wildman–Crippen LogP) is 5.58. The highest BCUT2D eigenvalue weighted by Crippen LogP contribution is 2.44. The van der Waals surface area contributed by atoms with Crippen LogP contribution in [-0.2, 0) is 0 Å². The van der Waals surface area contributed by atoms with Crippen molar-refractivity contribution in [2.45, 2.75) is 80.2 Å². The molecular weight excluding hydrogens is 242 g/mol. The molecule has 0 heterocycles. The van der Waals surface area contributed by atoms with Crippen molar-refractivity contribution in [1.82, 2.24) is 4.90 Å². The van der Waals surface area contributed by atoms with Crippen LogP contribution in [0.1, 0.15) is 74.1 Å². The van der Waals surface area contributed by atoms with E-state index < -0.39 is 0 Å². The largest absolute Gasteiger partial charge is 0.299 e. The van der Waals surface area contributed by atoms with Gasteiger partial charge in [0.25, 0.3) is 0 Å². The molecule has 0 fully saturated rings. The number of rotatable bonds is 8. The molecule has 0 aromatic carbocycles. The Morgan fingerprint density at radius 2 is 1.55 bits per heavy atom. The molecular formula is C19H35N. The van der Waals surface area contributed by atoms with E-state index in [1.807, 2.05) is 0 Å². The molecule has 0 bridgehead atoms. The fourth-order valence-electron chi connectivity index (χ4n) is 3.40. The Balaban J connectivity index is 2.91. The quantitative estimate of drug-likeness (QED) is 0.560. The molecule has 0 saturated heterocycles. The summed E-state index contributed by atoms with van der Waals surface area (Å²) in [6, 6.07) is 0.591. The van der Waals surface area contributed by atoms with Gasteiger partial charge >= 0.3 is 0 Å². The maximum Gasteiger partial charge on any atom is 0.0224 e. The molecule has 1 rings (SSSR count). The summed E-state index contributed by atoms with van der Waals surface area (Å²) in [6.45, 7) is 18.8. The maximum atomic E-state index is 2.72. The molecule has 1 heteroatoms. The summed E-state index contributed by atoms with van der Waals surface area (Å²) in [7, 11) is 0. The zero-order valence-corrected chi connectivity index (χ0v) is 14.8. The summed E-state index contributed by atoms with van der Waals surface area (Å²) in [6.07, 6.45) is 7.71. The zero-order chi connectivity index (χ0) is 15.3. The molecule has 20 heavy (non-hydrogen) atoms. The van der Waals surface area contributed by atoms with E-state index in [1.165, 1.54) is 49.9 Å². The molecule has 0 saturated carbocycles. The number of nitrogens with zero attached hydrogens (tertiary/aromatic N) is 1. The average molecular weight is 277 g/mol. The van der Waals surface area contributed by atoms with E-state index in [9.17, 15) is 0 Å². The number of allylic oxidation sites excluding steroid dienone is 2. The minimum atomic E-state index is 0.218. The molecule has 116 valence electrons. The van der Waals surface area contributed by atoms with Crippen molar-refractivity contribution in [3.8, 4) is 0 Å². The van der Waals surface area contributed by atoms with Gasteiger partial charge in [-0.25, -0.2) is 0 Å². The lowest BCUT2D eigenvalue weighted by atomic mass is 9.77. The number of unbranched alkanes of at least 4 members (excludes halogenated alkanes) is 2. The second-order valence-electron chi connectivity index (χ2n) is 6.78. The minimum absolute atomic E-state index is 0.218. The molecule has 0 amide bonds. The van der Waals surface area contributed by atoms with E-state index in [1.54, 1.807) is 5.57 Å². The highest BCUT2D eigenvalue weighted by atomic mass is 15.2. The normalized spacial score (nSPS) is 24.5. The van der Waals surface area contributed by atoms with E-state index in [4.69, 9.17) is 0 Å². The first kappa shape index (κ1) is 17.5. The molecule has 1 aliphatic rings. The fraction of sp³-hybridized carbons (Fsp3) is 0.789. The van der Waals surface area contributed by atoms with Crippen LogP contribution in [-0.4, -0.2) is 24.0 Å². The van der Waals surface area contributed by atoms with E-state index in [0.717, 1.165) is 0 Å². The van der Waals surface area contributed by atoms with Crippen LogP contribution in [0, 0.1) is 5.41 Å². The van der Waals surface area contributed by atoms with Crippen LogP contribution in [0.3, 0.4) is 0 Å². The monoisotopic (exact) mass is 277 g/mol. The zero-order valence-electron chi connectivity index (χ0n) is 14.8. The van der Waals surface area contributed by atoms with Crippen LogP contribution < -0.4 is 0 Å². The Morgan fingerprint density at radius 3 is 1.90 bits per heavy atom. The van der Waals surface area contributed by atoms with Crippen LogP contribution in [0.15, 0.2) is 22.8 Å². The smallest absolute Gasteiger partial charge is 0.0224 e. The average Bonchev–Trinajstić information content (AvgIpc) is 2.63. The second-order valence-corrected chi connectivity index (χ2v) is 6.78. The van der Waals surface area contributed by atoms with Gasteiger partial charge in [0.05, 0.1) is 0 Å². The Labute approximate surface area is 127 Å². The van der Waals surface area contributed by atoms with Crippen LogP contribution in [0.4, 0.5) is 0 Å². The molecule has 0 N–H and O–H groups in total. The van der Waals surface area contributed by atoms with Crippen molar-refractivity contribution in [1.29, 1.82) is 0 Å². The Kier molecular flexibility index (Phi) is 6.51. The van der Waals surface area contributed by atoms with Crippen LogP contribution in [0.2, 0.25) is 0 Å².